The number of rotatable bonds is 4. The van der Waals surface area contributed by atoms with Crippen LogP contribution in [0.2, 0.25) is 0 Å². The van der Waals surface area contributed by atoms with Gasteiger partial charge in [0.25, 0.3) is 5.56 Å². The number of fused-ring (bicyclic) bond motifs is 3. The van der Waals surface area contributed by atoms with E-state index >= 15 is 0 Å². The van der Waals surface area contributed by atoms with Crippen LogP contribution in [0.3, 0.4) is 0 Å². The number of nitrogens with one attached hydrogen (secondary N) is 1. The van der Waals surface area contributed by atoms with Gasteiger partial charge in [-0.2, -0.15) is 4.31 Å². The van der Waals surface area contributed by atoms with E-state index in [1.165, 1.54) is 11.4 Å². The van der Waals surface area contributed by atoms with E-state index in [9.17, 15) is 13.2 Å². The van der Waals surface area contributed by atoms with E-state index < -0.39 is 16.1 Å². The summed E-state index contributed by atoms with van der Waals surface area (Å²) in [5.41, 5.74) is 2.10. The maximum absolute atomic E-state index is 13.2. The van der Waals surface area contributed by atoms with E-state index in [2.05, 4.69) is 4.98 Å². The third-order valence-corrected chi connectivity index (χ3v) is 7.16. The van der Waals surface area contributed by atoms with E-state index in [1.54, 1.807) is 31.4 Å². The van der Waals surface area contributed by atoms with Gasteiger partial charge in [0, 0.05) is 23.6 Å². The number of pyridine rings is 1. The number of H-pyrrole nitrogens is 1. The lowest BCUT2D eigenvalue weighted by Gasteiger charge is -2.36. The fourth-order valence-corrected chi connectivity index (χ4v) is 5.45. The highest BCUT2D eigenvalue weighted by Gasteiger charge is 2.37. The minimum atomic E-state index is -3.62. The van der Waals surface area contributed by atoms with Gasteiger partial charge in [0.2, 0.25) is 16.8 Å². The maximum Gasteiger partial charge on any atom is 0.253 e. The zero-order valence-electron chi connectivity index (χ0n) is 17.8. The number of hydrogen-bond acceptors (Lipinski definition) is 7. The summed E-state index contributed by atoms with van der Waals surface area (Å²) in [4.78, 5) is 16.1. The molecule has 0 bridgehead atoms. The lowest BCUT2D eigenvalue weighted by Crippen LogP contribution is -2.42. The molecule has 0 amide bonds. The molecule has 0 saturated carbocycles. The smallest absolute Gasteiger partial charge is 0.253 e. The molecule has 0 radical (unpaired) electrons. The van der Waals surface area contributed by atoms with Crippen LogP contribution in [0, 0.1) is 0 Å². The predicted octanol–water partition coefficient (Wildman–Crippen LogP) is 2.18. The van der Waals surface area contributed by atoms with E-state index in [1.807, 2.05) is 6.07 Å². The molecule has 2 aromatic carbocycles. The van der Waals surface area contributed by atoms with Gasteiger partial charge in [0.15, 0.2) is 23.0 Å². The fraction of sp³-hybridized carbons (Fsp3) is 0.318. The molecule has 10 heteroatoms. The number of aromatic nitrogens is 1. The molecule has 32 heavy (non-hydrogen) atoms. The Kier molecular flexibility index (Phi) is 4.79. The molecule has 3 heterocycles. The standard InChI is InChI=1S/C22H22N2O7S/c1-28-17-7-12-4-5-24(32(3,26)27)21(14(12)9-18(17)29-2)15-6-13-8-19-20(31-11-30-19)10-16(13)23-22(15)25/h6-10,21H,4-5,11H2,1-3H3,(H,23,25)/t21-/m1/s1. The summed E-state index contributed by atoms with van der Waals surface area (Å²) in [6, 6.07) is 7.98. The second-order valence-corrected chi connectivity index (χ2v) is 9.71. The van der Waals surface area contributed by atoms with Crippen molar-refractivity contribution in [3.63, 3.8) is 0 Å². The van der Waals surface area contributed by atoms with Crippen LogP contribution in [0.4, 0.5) is 0 Å². The molecule has 0 fully saturated rings. The van der Waals surface area contributed by atoms with Crippen LogP contribution in [0.25, 0.3) is 10.9 Å². The lowest BCUT2D eigenvalue weighted by atomic mass is 9.89. The van der Waals surface area contributed by atoms with Crippen LogP contribution in [-0.2, 0) is 16.4 Å². The highest BCUT2D eigenvalue weighted by Crippen LogP contribution is 2.42. The quantitative estimate of drug-likeness (QED) is 0.639. The van der Waals surface area contributed by atoms with Gasteiger partial charge in [-0.15, -0.1) is 0 Å². The van der Waals surface area contributed by atoms with Gasteiger partial charge in [0.05, 0.1) is 32.0 Å². The largest absolute Gasteiger partial charge is 0.493 e. The van der Waals surface area contributed by atoms with Crippen molar-refractivity contribution in [3.8, 4) is 23.0 Å². The summed E-state index contributed by atoms with van der Waals surface area (Å²) >= 11 is 0. The van der Waals surface area contributed by atoms with Crippen LogP contribution in [-0.4, -0.2) is 51.5 Å². The van der Waals surface area contributed by atoms with Gasteiger partial charge in [-0.3, -0.25) is 4.79 Å². The molecule has 3 aromatic rings. The Morgan fingerprint density at radius 1 is 1.00 bits per heavy atom. The number of aromatic amines is 1. The highest BCUT2D eigenvalue weighted by molar-refractivity contribution is 7.88. The molecule has 9 nitrogen and oxygen atoms in total. The minimum absolute atomic E-state index is 0.113. The van der Waals surface area contributed by atoms with Crippen LogP contribution < -0.4 is 24.5 Å². The van der Waals surface area contributed by atoms with Crippen molar-refractivity contribution >= 4 is 20.9 Å². The molecule has 1 N–H and O–H groups in total. The van der Waals surface area contributed by atoms with Crippen molar-refractivity contribution < 1.29 is 27.4 Å². The van der Waals surface area contributed by atoms with Gasteiger partial charge in [-0.05, 0) is 41.8 Å². The predicted molar refractivity (Wildman–Crippen MR) is 117 cm³/mol. The van der Waals surface area contributed by atoms with E-state index in [-0.39, 0.29) is 18.9 Å². The lowest BCUT2D eigenvalue weighted by molar-refractivity contribution is 0.174. The number of ether oxygens (including phenoxy) is 4. The summed E-state index contributed by atoms with van der Waals surface area (Å²) in [6.07, 6.45) is 1.64. The van der Waals surface area contributed by atoms with Gasteiger partial charge in [-0.1, -0.05) is 0 Å². The Morgan fingerprint density at radius 2 is 1.69 bits per heavy atom. The van der Waals surface area contributed by atoms with Crippen LogP contribution in [0.5, 0.6) is 23.0 Å². The molecule has 2 aliphatic rings. The second kappa shape index (κ2) is 7.42. The summed E-state index contributed by atoms with van der Waals surface area (Å²) < 4.78 is 48.5. The monoisotopic (exact) mass is 458 g/mol. The van der Waals surface area contributed by atoms with Gasteiger partial charge in [0.1, 0.15) is 0 Å². The average Bonchev–Trinajstić information content (AvgIpc) is 3.22. The van der Waals surface area contributed by atoms with Crippen molar-refractivity contribution in [1.29, 1.82) is 0 Å². The minimum Gasteiger partial charge on any atom is -0.493 e. The fourth-order valence-electron chi connectivity index (χ4n) is 4.42. The summed E-state index contributed by atoms with van der Waals surface area (Å²) in [5, 5.41) is 0.713. The Hall–Kier alpha value is -3.24. The van der Waals surface area contributed by atoms with Crippen LogP contribution in [0.1, 0.15) is 22.7 Å². The first-order valence-corrected chi connectivity index (χ1v) is 11.8. The molecule has 0 aliphatic carbocycles. The number of nitrogens with zero attached hydrogens (tertiary/aromatic N) is 1. The molecule has 5 rings (SSSR count). The zero-order chi connectivity index (χ0) is 22.6. The number of hydrogen-bond donors (Lipinski definition) is 1. The molecule has 0 unspecified atom stereocenters. The van der Waals surface area contributed by atoms with Crippen LogP contribution in [0.15, 0.2) is 35.1 Å². The van der Waals surface area contributed by atoms with Gasteiger partial charge in [-0.25, -0.2) is 8.42 Å². The summed E-state index contributed by atoms with van der Waals surface area (Å²) in [7, 11) is -0.554. The summed E-state index contributed by atoms with van der Waals surface area (Å²) in [6.45, 7) is 0.354. The van der Waals surface area contributed by atoms with Crippen molar-refractivity contribution in [2.75, 3.05) is 33.8 Å². The van der Waals surface area contributed by atoms with Gasteiger partial charge >= 0.3 is 0 Å². The van der Waals surface area contributed by atoms with Crippen LogP contribution >= 0.6 is 0 Å². The SMILES string of the molecule is COc1cc2c(cc1OC)[C@H](c1cc3cc4c(cc3[nH]c1=O)OCO4)N(S(C)(=O)=O)CC2. The third kappa shape index (κ3) is 3.26. The molecule has 168 valence electrons. The van der Waals surface area contributed by atoms with Crippen molar-refractivity contribution in [1.82, 2.24) is 9.29 Å². The molecular weight excluding hydrogens is 436 g/mol. The normalized spacial score (nSPS) is 17.9. The molecule has 1 aromatic heterocycles. The Labute approximate surface area is 184 Å². The summed E-state index contributed by atoms with van der Waals surface area (Å²) in [5.74, 6) is 2.15. The third-order valence-electron chi connectivity index (χ3n) is 5.92. The zero-order valence-corrected chi connectivity index (χ0v) is 18.6. The first kappa shape index (κ1) is 20.7. The highest BCUT2D eigenvalue weighted by atomic mass is 32.2. The maximum atomic E-state index is 13.2. The topological polar surface area (TPSA) is 107 Å². The number of benzene rings is 2. The van der Waals surface area contributed by atoms with Crippen molar-refractivity contribution in [2.24, 2.45) is 0 Å². The Bertz CT molecular complexity index is 1400. The molecule has 0 saturated heterocycles. The molecule has 1 atom stereocenters. The van der Waals surface area contributed by atoms with Gasteiger partial charge < -0.3 is 23.9 Å². The second-order valence-electron chi connectivity index (χ2n) is 7.78. The first-order valence-electron chi connectivity index (χ1n) is 9.98. The average molecular weight is 458 g/mol. The van der Waals surface area contributed by atoms with E-state index in [0.717, 1.165) is 11.8 Å². The number of methoxy groups -OCH3 is 2. The number of sulfonamides is 1. The van der Waals surface area contributed by atoms with E-state index in [0.29, 0.717) is 51.4 Å². The van der Waals surface area contributed by atoms with Crippen molar-refractivity contribution in [3.05, 3.63) is 57.4 Å². The van der Waals surface area contributed by atoms with E-state index in [4.69, 9.17) is 18.9 Å². The molecular formula is C22H22N2O7S. The van der Waals surface area contributed by atoms with Crippen molar-refractivity contribution in [2.45, 2.75) is 12.5 Å². The first-order chi connectivity index (χ1) is 15.3. The molecule has 0 spiro atoms. The Balaban J connectivity index is 1.76. The Morgan fingerprint density at radius 3 is 2.38 bits per heavy atom. The molecule has 2 aliphatic heterocycles.